The van der Waals surface area contributed by atoms with Crippen LogP contribution in [0.5, 0.6) is 0 Å². The van der Waals surface area contributed by atoms with E-state index in [0.29, 0.717) is 29.9 Å². The number of aromatic nitrogens is 4. The minimum Gasteiger partial charge on any atom is -0.384 e. The van der Waals surface area contributed by atoms with Crippen molar-refractivity contribution in [2.45, 2.75) is 26.2 Å². The van der Waals surface area contributed by atoms with Crippen LogP contribution in [0.3, 0.4) is 0 Å². The lowest BCUT2D eigenvalue weighted by Gasteiger charge is -2.00. The van der Waals surface area contributed by atoms with E-state index in [2.05, 4.69) is 22.0 Å². The summed E-state index contributed by atoms with van der Waals surface area (Å²) < 4.78 is 6.60. The number of nitrogens with zero attached hydrogens (tertiary/aromatic N) is 3. The molecule has 2 aromatic rings. The summed E-state index contributed by atoms with van der Waals surface area (Å²) >= 11 is 0. The van der Waals surface area contributed by atoms with E-state index in [0.717, 1.165) is 18.5 Å². The van der Waals surface area contributed by atoms with E-state index in [1.165, 1.54) is 0 Å². The molecule has 0 aliphatic heterocycles. The summed E-state index contributed by atoms with van der Waals surface area (Å²) in [4.78, 5) is 19.3. The van der Waals surface area contributed by atoms with Gasteiger partial charge in [0.1, 0.15) is 11.3 Å². The third-order valence-electron chi connectivity index (χ3n) is 2.84. The lowest BCUT2D eigenvalue weighted by atomic mass is 10.2. The van der Waals surface area contributed by atoms with Gasteiger partial charge in [0, 0.05) is 20.6 Å². The number of hydrogen-bond acceptors (Lipinski definition) is 4. The van der Waals surface area contributed by atoms with Crippen molar-refractivity contribution in [3.05, 3.63) is 21.9 Å². The van der Waals surface area contributed by atoms with Crippen LogP contribution in [-0.4, -0.2) is 33.5 Å². The van der Waals surface area contributed by atoms with Crippen LogP contribution in [0.4, 0.5) is 0 Å². The van der Waals surface area contributed by atoms with Crippen molar-refractivity contribution in [3.63, 3.8) is 0 Å². The fraction of sp³-hybridized carbons (Fsp3) is 0.583. The Morgan fingerprint density at radius 2 is 2.17 bits per heavy atom. The van der Waals surface area contributed by atoms with Gasteiger partial charge in [-0.1, -0.05) is 13.3 Å². The van der Waals surface area contributed by atoms with Crippen molar-refractivity contribution in [1.82, 2.24) is 19.7 Å². The number of H-pyrrole nitrogens is 1. The van der Waals surface area contributed by atoms with Crippen molar-refractivity contribution in [1.29, 1.82) is 0 Å². The Morgan fingerprint density at radius 1 is 1.39 bits per heavy atom. The van der Waals surface area contributed by atoms with Crippen molar-refractivity contribution in [2.24, 2.45) is 7.05 Å². The van der Waals surface area contributed by atoms with Crippen LogP contribution in [0.1, 0.15) is 24.9 Å². The Labute approximate surface area is 105 Å². The van der Waals surface area contributed by atoms with Gasteiger partial charge in [0.2, 0.25) is 0 Å². The molecule has 0 aromatic carbocycles. The third kappa shape index (κ3) is 2.28. The first kappa shape index (κ1) is 12.8. The standard InChI is InChI=1S/C12H18N4O2/c1-4-5-8-10-11(16(2)15-8)12(17)14-9(13-10)6-7-18-3/h4-7H2,1-3H3,(H,13,14,17). The molecule has 0 saturated heterocycles. The zero-order valence-electron chi connectivity index (χ0n) is 11.0. The number of nitrogens with one attached hydrogen (secondary N) is 1. The number of rotatable bonds is 5. The molecule has 1 N–H and O–H groups in total. The van der Waals surface area contributed by atoms with Crippen LogP contribution in [0.25, 0.3) is 11.0 Å². The van der Waals surface area contributed by atoms with E-state index < -0.39 is 0 Å². The van der Waals surface area contributed by atoms with Crippen LogP contribution in [0.15, 0.2) is 4.79 Å². The number of ether oxygens (including phenoxy) is 1. The number of aromatic amines is 1. The summed E-state index contributed by atoms with van der Waals surface area (Å²) in [6.07, 6.45) is 2.41. The first-order chi connectivity index (χ1) is 8.67. The molecular weight excluding hydrogens is 232 g/mol. The zero-order valence-corrected chi connectivity index (χ0v) is 11.0. The van der Waals surface area contributed by atoms with Gasteiger partial charge >= 0.3 is 0 Å². The maximum Gasteiger partial charge on any atom is 0.277 e. The second-order valence-corrected chi connectivity index (χ2v) is 4.27. The lowest BCUT2D eigenvalue weighted by Crippen LogP contribution is -2.15. The van der Waals surface area contributed by atoms with Gasteiger partial charge in [-0.3, -0.25) is 9.48 Å². The van der Waals surface area contributed by atoms with E-state index in [1.807, 2.05) is 0 Å². The van der Waals surface area contributed by atoms with Gasteiger partial charge in [-0.2, -0.15) is 5.10 Å². The predicted octanol–water partition coefficient (Wildman–Crippen LogP) is 0.798. The number of fused-ring (bicyclic) bond motifs is 1. The highest BCUT2D eigenvalue weighted by molar-refractivity contribution is 5.76. The van der Waals surface area contributed by atoms with Crippen LogP contribution in [-0.2, 0) is 24.6 Å². The number of methoxy groups -OCH3 is 1. The van der Waals surface area contributed by atoms with Gasteiger partial charge in [0.05, 0.1) is 12.3 Å². The molecule has 6 nitrogen and oxygen atoms in total. The molecule has 0 fully saturated rings. The second kappa shape index (κ2) is 5.30. The van der Waals surface area contributed by atoms with Gasteiger partial charge in [-0.05, 0) is 6.42 Å². The van der Waals surface area contributed by atoms with Gasteiger partial charge in [0.15, 0.2) is 5.52 Å². The van der Waals surface area contributed by atoms with Gasteiger partial charge in [0.25, 0.3) is 5.56 Å². The predicted molar refractivity (Wildman–Crippen MR) is 68.7 cm³/mol. The minimum atomic E-state index is -0.136. The monoisotopic (exact) mass is 250 g/mol. The Bertz CT molecular complexity index is 600. The normalized spacial score (nSPS) is 11.3. The molecule has 0 spiro atoms. The topological polar surface area (TPSA) is 72.8 Å². The molecule has 2 aromatic heterocycles. The maximum atomic E-state index is 12.0. The fourth-order valence-corrected chi connectivity index (χ4v) is 2.02. The van der Waals surface area contributed by atoms with Gasteiger partial charge < -0.3 is 9.72 Å². The highest BCUT2D eigenvalue weighted by Crippen LogP contribution is 2.13. The summed E-state index contributed by atoms with van der Waals surface area (Å²) in [5, 5.41) is 4.36. The van der Waals surface area contributed by atoms with E-state index in [1.54, 1.807) is 18.8 Å². The maximum absolute atomic E-state index is 12.0. The molecule has 0 amide bonds. The number of aryl methyl sites for hydroxylation is 2. The van der Waals surface area contributed by atoms with E-state index in [4.69, 9.17) is 4.74 Å². The first-order valence-electron chi connectivity index (χ1n) is 6.11. The van der Waals surface area contributed by atoms with Gasteiger partial charge in [-0.25, -0.2) is 4.98 Å². The molecule has 2 heterocycles. The molecule has 0 saturated carbocycles. The molecule has 0 unspecified atom stereocenters. The Hall–Kier alpha value is -1.69. The third-order valence-corrected chi connectivity index (χ3v) is 2.84. The minimum absolute atomic E-state index is 0.136. The number of hydrogen-bond donors (Lipinski definition) is 1. The Balaban J connectivity index is 2.54. The van der Waals surface area contributed by atoms with E-state index >= 15 is 0 Å². The summed E-state index contributed by atoms with van der Waals surface area (Å²) in [6, 6.07) is 0. The van der Waals surface area contributed by atoms with Crippen molar-refractivity contribution < 1.29 is 4.74 Å². The van der Waals surface area contributed by atoms with Gasteiger partial charge in [-0.15, -0.1) is 0 Å². The zero-order chi connectivity index (χ0) is 13.1. The molecule has 18 heavy (non-hydrogen) atoms. The lowest BCUT2D eigenvalue weighted by molar-refractivity contribution is 0.200. The highest BCUT2D eigenvalue weighted by atomic mass is 16.5. The van der Waals surface area contributed by atoms with E-state index in [-0.39, 0.29) is 5.56 Å². The Morgan fingerprint density at radius 3 is 2.83 bits per heavy atom. The molecule has 6 heteroatoms. The summed E-state index contributed by atoms with van der Waals surface area (Å²) in [5.74, 6) is 0.653. The molecule has 98 valence electrons. The SMILES string of the molecule is CCCc1nn(C)c2c(=O)[nH]c(CCOC)nc12. The first-order valence-corrected chi connectivity index (χ1v) is 6.11. The van der Waals surface area contributed by atoms with Crippen LogP contribution in [0.2, 0.25) is 0 Å². The molecule has 0 radical (unpaired) electrons. The summed E-state index contributed by atoms with van der Waals surface area (Å²) in [6.45, 7) is 2.62. The van der Waals surface area contributed by atoms with Crippen LogP contribution < -0.4 is 5.56 Å². The summed E-state index contributed by atoms with van der Waals surface area (Å²) in [5.41, 5.74) is 2.01. The largest absolute Gasteiger partial charge is 0.384 e. The van der Waals surface area contributed by atoms with Crippen LogP contribution in [0, 0.1) is 0 Å². The fourth-order valence-electron chi connectivity index (χ4n) is 2.02. The molecule has 0 aliphatic rings. The average molecular weight is 250 g/mol. The molecule has 0 bridgehead atoms. The van der Waals surface area contributed by atoms with Crippen molar-refractivity contribution >= 4 is 11.0 Å². The second-order valence-electron chi connectivity index (χ2n) is 4.27. The molecule has 0 aliphatic carbocycles. The molecule has 2 rings (SSSR count). The van der Waals surface area contributed by atoms with Crippen molar-refractivity contribution in [2.75, 3.05) is 13.7 Å². The van der Waals surface area contributed by atoms with Crippen LogP contribution >= 0.6 is 0 Å². The quantitative estimate of drug-likeness (QED) is 0.851. The average Bonchev–Trinajstić information content (AvgIpc) is 2.64. The Kier molecular flexibility index (Phi) is 3.76. The van der Waals surface area contributed by atoms with E-state index in [9.17, 15) is 4.79 Å². The summed E-state index contributed by atoms with van der Waals surface area (Å²) in [7, 11) is 3.40. The molecule has 0 atom stereocenters. The van der Waals surface area contributed by atoms with Crippen molar-refractivity contribution in [3.8, 4) is 0 Å². The molecular formula is C12H18N4O2. The highest BCUT2D eigenvalue weighted by Gasteiger charge is 2.14. The smallest absolute Gasteiger partial charge is 0.277 e.